The van der Waals surface area contributed by atoms with Gasteiger partial charge in [-0.15, -0.1) is 0 Å². The lowest BCUT2D eigenvalue weighted by molar-refractivity contribution is -0.139. The van der Waals surface area contributed by atoms with Crippen LogP contribution < -0.4 is 0 Å². The summed E-state index contributed by atoms with van der Waals surface area (Å²) in [6, 6.07) is 7.06. The molecule has 0 saturated heterocycles. The molecule has 0 radical (unpaired) electrons. The highest BCUT2D eigenvalue weighted by molar-refractivity contribution is 6.02. The van der Waals surface area contributed by atoms with Crippen LogP contribution in [0.25, 0.3) is 6.08 Å². The summed E-state index contributed by atoms with van der Waals surface area (Å²) >= 11 is 0. The van der Waals surface area contributed by atoms with Crippen LogP contribution in [0.1, 0.15) is 35.7 Å². The largest absolute Gasteiger partial charge is 0.462 e. The van der Waals surface area contributed by atoms with E-state index in [1.54, 1.807) is 6.08 Å². The second-order valence-electron chi connectivity index (χ2n) is 5.94. The molecular formula is C20H21NO3. The van der Waals surface area contributed by atoms with Crippen LogP contribution in [0.4, 0.5) is 0 Å². The number of allylic oxidation sites excluding steroid dienone is 1. The molecular weight excluding hydrogens is 302 g/mol. The average molecular weight is 323 g/mol. The van der Waals surface area contributed by atoms with Crippen molar-refractivity contribution in [1.29, 1.82) is 0 Å². The van der Waals surface area contributed by atoms with E-state index in [1.165, 1.54) is 0 Å². The van der Waals surface area contributed by atoms with Gasteiger partial charge < -0.3 is 9.64 Å². The summed E-state index contributed by atoms with van der Waals surface area (Å²) in [6.07, 6.45) is 6.91. The van der Waals surface area contributed by atoms with Gasteiger partial charge in [-0.3, -0.25) is 4.79 Å². The number of ether oxygens (including phenoxy) is 1. The van der Waals surface area contributed by atoms with Crippen LogP contribution in [0.2, 0.25) is 0 Å². The van der Waals surface area contributed by atoms with Crippen LogP contribution in [-0.4, -0.2) is 35.8 Å². The zero-order valence-electron chi connectivity index (χ0n) is 13.8. The first kappa shape index (κ1) is 16.2. The van der Waals surface area contributed by atoms with E-state index in [0.29, 0.717) is 30.7 Å². The van der Waals surface area contributed by atoms with Crippen LogP contribution >= 0.6 is 0 Å². The van der Waals surface area contributed by atoms with Crippen molar-refractivity contribution in [2.24, 2.45) is 0 Å². The number of carbonyl (C=O) groups is 2. The van der Waals surface area contributed by atoms with Crippen LogP contribution in [0.3, 0.4) is 0 Å². The Bertz CT molecular complexity index is 728. The van der Waals surface area contributed by atoms with Crippen molar-refractivity contribution < 1.29 is 14.3 Å². The molecule has 0 spiro atoms. The predicted octanol–water partition coefficient (Wildman–Crippen LogP) is 3.36. The van der Waals surface area contributed by atoms with E-state index in [4.69, 9.17) is 4.74 Å². The lowest BCUT2D eigenvalue weighted by Crippen LogP contribution is -2.34. The molecule has 0 N–H and O–H groups in total. The summed E-state index contributed by atoms with van der Waals surface area (Å²) in [7, 11) is 0. The van der Waals surface area contributed by atoms with Gasteiger partial charge in [0.2, 0.25) is 0 Å². The Balaban J connectivity index is 1.77. The minimum absolute atomic E-state index is 0.0417. The standard InChI is InChI=1S/C20H21NO3/c1-3-13-24-20(23)16-11-12-21-17(16)9-10-18(21)19(22)15-7-5-14(4-2)6-8-15/h4-10,18H,2-3,11-13H2,1H3. The number of benzene rings is 1. The van der Waals surface area contributed by atoms with Crippen molar-refractivity contribution in [1.82, 2.24) is 4.90 Å². The Labute approximate surface area is 142 Å². The number of esters is 1. The highest BCUT2D eigenvalue weighted by atomic mass is 16.5. The fourth-order valence-electron chi connectivity index (χ4n) is 3.10. The summed E-state index contributed by atoms with van der Waals surface area (Å²) in [4.78, 5) is 26.9. The molecule has 2 aliphatic heterocycles. The maximum Gasteiger partial charge on any atom is 0.336 e. The van der Waals surface area contributed by atoms with E-state index in [9.17, 15) is 9.59 Å². The molecule has 0 amide bonds. The first-order chi connectivity index (χ1) is 11.7. The quantitative estimate of drug-likeness (QED) is 0.595. The molecule has 1 aromatic carbocycles. The number of carbonyl (C=O) groups excluding carboxylic acids is 2. The van der Waals surface area contributed by atoms with E-state index in [2.05, 4.69) is 6.58 Å². The molecule has 1 aromatic rings. The van der Waals surface area contributed by atoms with E-state index in [0.717, 1.165) is 17.7 Å². The van der Waals surface area contributed by atoms with Crippen molar-refractivity contribution >= 4 is 17.8 Å². The van der Waals surface area contributed by atoms with Gasteiger partial charge in [0.15, 0.2) is 5.78 Å². The maximum atomic E-state index is 12.8. The average Bonchev–Trinajstić information content (AvgIpc) is 3.21. The first-order valence-corrected chi connectivity index (χ1v) is 8.27. The number of fused-ring (bicyclic) bond motifs is 1. The number of ketones is 1. The van der Waals surface area contributed by atoms with Gasteiger partial charge in [-0.25, -0.2) is 4.79 Å². The third-order valence-corrected chi connectivity index (χ3v) is 4.38. The number of hydrogen-bond donors (Lipinski definition) is 0. The molecule has 3 rings (SSSR count). The monoisotopic (exact) mass is 323 g/mol. The smallest absolute Gasteiger partial charge is 0.336 e. The van der Waals surface area contributed by atoms with Crippen LogP contribution in [0, 0.1) is 0 Å². The summed E-state index contributed by atoms with van der Waals surface area (Å²) in [6.45, 7) is 6.78. The lowest BCUT2D eigenvalue weighted by Gasteiger charge is -2.22. The Morgan fingerprint density at radius 2 is 2.08 bits per heavy atom. The molecule has 2 aliphatic rings. The molecule has 0 aromatic heterocycles. The summed E-state index contributed by atoms with van der Waals surface area (Å²) in [5.41, 5.74) is 3.16. The van der Waals surface area contributed by atoms with Crippen molar-refractivity contribution in [3.63, 3.8) is 0 Å². The molecule has 2 heterocycles. The second-order valence-corrected chi connectivity index (χ2v) is 5.94. The fourth-order valence-corrected chi connectivity index (χ4v) is 3.10. The van der Waals surface area contributed by atoms with E-state index < -0.39 is 0 Å². The van der Waals surface area contributed by atoms with Gasteiger partial charge >= 0.3 is 5.97 Å². The van der Waals surface area contributed by atoms with Gasteiger partial charge in [0.05, 0.1) is 12.2 Å². The van der Waals surface area contributed by atoms with Crippen LogP contribution in [0.15, 0.2) is 54.3 Å². The Morgan fingerprint density at radius 3 is 2.75 bits per heavy atom. The van der Waals surface area contributed by atoms with Gasteiger partial charge in [0.25, 0.3) is 0 Å². The maximum absolute atomic E-state index is 12.8. The van der Waals surface area contributed by atoms with Crippen molar-refractivity contribution in [2.45, 2.75) is 25.8 Å². The minimum Gasteiger partial charge on any atom is -0.462 e. The number of Topliss-reactive ketones (excluding diaryl/α,β-unsaturated/α-hetero) is 1. The predicted molar refractivity (Wildman–Crippen MR) is 93.4 cm³/mol. The minimum atomic E-state index is -0.342. The number of rotatable bonds is 6. The molecule has 0 saturated carbocycles. The molecule has 24 heavy (non-hydrogen) atoms. The van der Waals surface area contributed by atoms with Crippen LogP contribution in [0.5, 0.6) is 0 Å². The molecule has 0 aliphatic carbocycles. The number of hydrogen-bond acceptors (Lipinski definition) is 4. The molecule has 0 bridgehead atoms. The summed E-state index contributed by atoms with van der Waals surface area (Å²) in [5.74, 6) is -0.220. The highest BCUT2D eigenvalue weighted by Crippen LogP contribution is 2.33. The Morgan fingerprint density at radius 1 is 1.33 bits per heavy atom. The number of nitrogens with zero attached hydrogens (tertiary/aromatic N) is 1. The van der Waals surface area contributed by atoms with E-state index in [-0.39, 0.29) is 17.8 Å². The van der Waals surface area contributed by atoms with Gasteiger partial charge in [0.1, 0.15) is 6.04 Å². The zero-order valence-corrected chi connectivity index (χ0v) is 13.8. The van der Waals surface area contributed by atoms with Gasteiger partial charge in [0, 0.05) is 17.8 Å². The molecule has 0 fully saturated rings. The SMILES string of the molecule is C=Cc1ccc(C(=O)C2C=CC3=C(C(=O)OCCC)CCN32)cc1. The van der Waals surface area contributed by atoms with Gasteiger partial charge in [-0.2, -0.15) is 0 Å². The highest BCUT2D eigenvalue weighted by Gasteiger charge is 2.37. The van der Waals surface area contributed by atoms with E-state index in [1.807, 2.05) is 48.2 Å². The molecule has 4 heteroatoms. The van der Waals surface area contributed by atoms with Crippen molar-refractivity contribution in [3.05, 3.63) is 65.4 Å². The van der Waals surface area contributed by atoms with Gasteiger partial charge in [-0.1, -0.05) is 49.9 Å². The fraction of sp³-hybridized carbons (Fsp3) is 0.300. The van der Waals surface area contributed by atoms with E-state index >= 15 is 0 Å². The topological polar surface area (TPSA) is 46.6 Å². The molecule has 124 valence electrons. The molecule has 1 unspecified atom stereocenters. The summed E-state index contributed by atoms with van der Waals surface area (Å²) in [5, 5.41) is 0. The van der Waals surface area contributed by atoms with Crippen LogP contribution in [-0.2, 0) is 9.53 Å². The molecule has 4 nitrogen and oxygen atoms in total. The van der Waals surface area contributed by atoms with Gasteiger partial charge in [-0.05, 0) is 24.5 Å². The molecule has 1 atom stereocenters. The Kier molecular flexibility index (Phi) is 4.65. The summed E-state index contributed by atoms with van der Waals surface area (Å²) < 4.78 is 5.24. The van der Waals surface area contributed by atoms with Crippen molar-refractivity contribution in [3.8, 4) is 0 Å². The first-order valence-electron chi connectivity index (χ1n) is 8.27. The second kappa shape index (κ2) is 6.87. The third-order valence-electron chi connectivity index (χ3n) is 4.38. The van der Waals surface area contributed by atoms with Crippen molar-refractivity contribution in [2.75, 3.05) is 13.2 Å². The normalized spacial score (nSPS) is 18.7. The zero-order chi connectivity index (χ0) is 17.1. The lowest BCUT2D eigenvalue weighted by atomic mass is 10.0. The Hall–Kier alpha value is -2.62. The third kappa shape index (κ3) is 2.92.